The molecule has 14 heteroatoms. The first-order valence-electron chi connectivity index (χ1n) is 21.0. The Labute approximate surface area is 343 Å². The quantitative estimate of drug-likeness (QED) is 0.100. The first kappa shape index (κ1) is 38.8. The molecule has 1 aromatic heterocycles. The molecule has 1 saturated heterocycles. The second-order valence-corrected chi connectivity index (χ2v) is 17.5. The normalized spacial score (nSPS) is 21.6. The van der Waals surface area contributed by atoms with E-state index in [4.69, 9.17) is 43.7 Å². The molecule has 4 rings (SSSR count). The molecule has 0 aliphatic carbocycles. The van der Waals surface area contributed by atoms with Crippen LogP contribution >= 0.6 is 15.9 Å². The molecule has 0 radical (unpaired) electrons. The fourth-order valence-corrected chi connectivity index (χ4v) is 5.67. The summed E-state index contributed by atoms with van der Waals surface area (Å²) in [6.45, 7) is 10.8. The van der Waals surface area contributed by atoms with Gasteiger partial charge in [-0.3, -0.25) is 23.9 Å². The van der Waals surface area contributed by atoms with Gasteiger partial charge in [-0.1, -0.05) is 36.4 Å². The van der Waals surface area contributed by atoms with Crippen molar-refractivity contribution in [2.24, 2.45) is 21.7 Å². The summed E-state index contributed by atoms with van der Waals surface area (Å²) in [4.78, 5) is 54.7. The fourth-order valence-electron chi connectivity index (χ4n) is 5.14. The third-order valence-electron chi connectivity index (χ3n) is 8.39. The lowest BCUT2D eigenvalue weighted by Crippen LogP contribution is -2.65. The first-order valence-corrected chi connectivity index (χ1v) is 19.0. The third-order valence-corrected chi connectivity index (χ3v) is 9.05. The Balaban J connectivity index is 1.86. The molecule has 2 aromatic carbocycles. The van der Waals surface area contributed by atoms with Gasteiger partial charge in [0.15, 0.2) is 12.2 Å². The summed E-state index contributed by atoms with van der Waals surface area (Å²) in [7, 11) is 0. The van der Waals surface area contributed by atoms with Crippen molar-refractivity contribution in [3.05, 3.63) is 58.6 Å². The van der Waals surface area contributed by atoms with Gasteiger partial charge in [-0.25, -0.2) is 0 Å². The molecule has 308 valence electrons. The number of carbonyl (C=O) groups excluding carboxylic acids is 4. The summed E-state index contributed by atoms with van der Waals surface area (Å²) >= 11 is 3.60. The smallest absolute Gasteiger partial charge is 0.311 e. The third kappa shape index (κ3) is 11.5. The number of benzene rings is 2. The van der Waals surface area contributed by atoms with Gasteiger partial charge in [0.05, 0.1) is 52.3 Å². The minimum absolute atomic E-state index is 0.000215. The van der Waals surface area contributed by atoms with Gasteiger partial charge in [0.1, 0.15) is 12.7 Å². The number of hydrogen-bond acceptors (Lipinski definition) is 12. The zero-order valence-corrected chi connectivity index (χ0v) is 35.0. The van der Waals surface area contributed by atoms with Crippen LogP contribution in [-0.4, -0.2) is 77.6 Å². The van der Waals surface area contributed by atoms with Crippen LogP contribution in [0.4, 0.5) is 0 Å². The molecule has 1 aliphatic rings. The molecule has 0 N–H and O–H groups in total. The number of ether oxygens (including phenoxy) is 7. The van der Waals surface area contributed by atoms with Gasteiger partial charge in [-0.15, -0.1) is 5.10 Å². The number of rotatable bonds is 12. The second-order valence-electron chi connectivity index (χ2n) is 16.6. The molecule has 1 aliphatic heterocycles. The predicted octanol–water partition coefficient (Wildman–Crippen LogP) is 7.58. The van der Waals surface area contributed by atoms with Crippen LogP contribution in [0.2, 0.25) is 0 Å². The Bertz CT molecular complexity index is 1960. The molecule has 1 fully saturated rings. The molecule has 5 atom stereocenters. The lowest BCUT2D eigenvalue weighted by atomic mass is 9.93. The predicted molar refractivity (Wildman–Crippen MR) is 211 cm³/mol. The van der Waals surface area contributed by atoms with Crippen LogP contribution in [0.25, 0.3) is 10.9 Å². The highest BCUT2D eigenvalue weighted by Crippen LogP contribution is 2.38. The molecule has 56 heavy (non-hydrogen) atoms. The highest BCUT2D eigenvalue weighted by molar-refractivity contribution is 9.10. The highest BCUT2D eigenvalue weighted by atomic mass is 79.9. The number of carbonyl (C=O) groups is 4. The summed E-state index contributed by atoms with van der Waals surface area (Å²) in [5.41, 5.74) is -3.77. The van der Waals surface area contributed by atoms with Crippen molar-refractivity contribution in [1.82, 2.24) is 9.78 Å². The molecule has 0 spiro atoms. The Morgan fingerprint density at radius 1 is 0.750 bits per heavy atom. The van der Waals surface area contributed by atoms with Crippen molar-refractivity contribution in [3.63, 3.8) is 0 Å². The Morgan fingerprint density at radius 2 is 1.30 bits per heavy atom. The van der Waals surface area contributed by atoms with Crippen molar-refractivity contribution in [2.75, 3.05) is 13.2 Å². The number of aromatic nitrogens is 2. The largest absolute Gasteiger partial charge is 0.462 e. The highest BCUT2D eigenvalue weighted by Gasteiger charge is 2.56. The monoisotopic (exact) mass is 848 g/mol. The molecule has 0 saturated carbocycles. The molecule has 0 bridgehead atoms. The van der Waals surface area contributed by atoms with Gasteiger partial charge in [-0.2, -0.15) is 0 Å². The van der Waals surface area contributed by atoms with Crippen molar-refractivity contribution in [1.29, 1.82) is 0 Å². The van der Waals surface area contributed by atoms with E-state index in [0.717, 1.165) is 5.56 Å². The van der Waals surface area contributed by atoms with E-state index in [1.165, 1.54) is 55.4 Å². The van der Waals surface area contributed by atoms with Crippen molar-refractivity contribution in [2.45, 2.75) is 127 Å². The number of halogens is 1. The van der Waals surface area contributed by atoms with Gasteiger partial charge in [0.2, 0.25) is 18.3 Å². The topological polar surface area (TPSA) is 151 Å². The van der Waals surface area contributed by atoms with E-state index in [2.05, 4.69) is 15.9 Å². The second kappa shape index (κ2) is 17.6. The first-order chi connectivity index (χ1) is 28.1. The van der Waals surface area contributed by atoms with Gasteiger partial charge in [0.25, 0.3) is 0 Å². The average Bonchev–Trinajstić information content (AvgIpc) is 3.58. The van der Waals surface area contributed by atoms with Crippen molar-refractivity contribution < 1.29 is 57.8 Å². The summed E-state index contributed by atoms with van der Waals surface area (Å²) in [5.74, 6) is -3.48. The van der Waals surface area contributed by atoms with Crippen molar-refractivity contribution in [3.8, 4) is 5.88 Å². The summed E-state index contributed by atoms with van der Waals surface area (Å²) in [6, 6.07) is 15.1. The van der Waals surface area contributed by atoms with E-state index >= 15 is 0 Å². The maximum atomic E-state index is 13.9. The van der Waals surface area contributed by atoms with Gasteiger partial charge in [-0.05, 0) is 117 Å². The summed E-state index contributed by atoms with van der Waals surface area (Å²) in [6.07, 6.45) is -8.20. The van der Waals surface area contributed by atoms with Crippen LogP contribution in [0.5, 0.6) is 5.88 Å². The van der Waals surface area contributed by atoms with Crippen molar-refractivity contribution >= 4 is 50.7 Å². The van der Waals surface area contributed by atoms with Crippen LogP contribution in [-0.2, 0) is 60.8 Å². The molecule has 3 aromatic rings. The van der Waals surface area contributed by atoms with E-state index in [1.807, 2.05) is 42.5 Å². The van der Waals surface area contributed by atoms with E-state index in [0.29, 0.717) is 28.5 Å². The van der Waals surface area contributed by atoms with Gasteiger partial charge >= 0.3 is 23.9 Å². The van der Waals surface area contributed by atoms with E-state index in [1.54, 1.807) is 10.7 Å². The zero-order valence-electron chi connectivity index (χ0n) is 37.4. The SMILES string of the molecule is [2H]CC(C)(C)C(=O)OC[C@H]1OC(Oc2nn(CCOCc3ccccc3)c3cccc(Br)c23)[C@H](OC(=O)C(C)(C)C[2H])[C@@H](OC(=O)C(C)(C)C[2H])[C@@H]1OC(=O)C(C)(C)C[2H]. The van der Waals surface area contributed by atoms with E-state index in [-0.39, 0.29) is 19.4 Å². The zero-order chi connectivity index (χ0) is 44.6. The van der Waals surface area contributed by atoms with Crippen LogP contribution in [0, 0.1) is 21.7 Å². The van der Waals surface area contributed by atoms with Gasteiger partial charge < -0.3 is 33.2 Å². The molecule has 2 heterocycles. The number of hydrogen-bond donors (Lipinski definition) is 0. The number of fused-ring (bicyclic) bond motifs is 1. The fraction of sp³-hybridized carbons (Fsp3) is 0.595. The minimum Gasteiger partial charge on any atom is -0.462 e. The molecular formula is C42H57BrN2O11. The lowest BCUT2D eigenvalue weighted by Gasteiger charge is -2.45. The van der Waals surface area contributed by atoms with Crippen LogP contribution in [0.3, 0.4) is 0 Å². The van der Waals surface area contributed by atoms with Crippen LogP contribution < -0.4 is 4.74 Å². The molecule has 13 nitrogen and oxygen atoms in total. The maximum Gasteiger partial charge on any atom is 0.311 e. The minimum atomic E-state index is -1.71. The van der Waals surface area contributed by atoms with Crippen LogP contribution in [0.15, 0.2) is 53.0 Å². The molecule has 0 amide bonds. The number of esters is 4. The summed E-state index contributed by atoms with van der Waals surface area (Å²) in [5, 5.41) is 5.24. The number of nitrogens with zero attached hydrogens (tertiary/aromatic N) is 2. The average molecular weight is 850 g/mol. The summed E-state index contributed by atoms with van der Waals surface area (Å²) < 4.78 is 77.0. The standard InChI is InChI=1S/C42H57BrN2O11/c1-39(2,3)35(46)51-24-28-30(53-36(47)40(4,5)6)31(54-37(48)41(7,8)9)32(55-38(49)42(10,11)12)34(52-28)56-33-29-26(43)19-16-20-27(29)45(44-33)21-22-50-23-25-17-14-13-15-18-25/h13-20,28,30-32,34H,21-24H2,1-12H3/t28-,30-,31+,32-,34?/m1/s1/i1D,4D,7D,10D. The van der Waals surface area contributed by atoms with Gasteiger partial charge in [0, 0.05) is 9.96 Å². The Hall–Kier alpha value is -4.01. The Morgan fingerprint density at radius 3 is 1.89 bits per heavy atom. The van der Waals surface area contributed by atoms with Crippen LogP contribution in [0.1, 0.15) is 94.0 Å². The Kier molecular flexibility index (Phi) is 12.2. The lowest BCUT2D eigenvalue weighted by molar-refractivity contribution is -0.294. The molecular weight excluding hydrogens is 788 g/mol. The van der Waals surface area contributed by atoms with E-state index in [9.17, 15) is 19.2 Å². The maximum absolute atomic E-state index is 13.9. The van der Waals surface area contributed by atoms with E-state index < -0.39 is 104 Å². The molecule has 1 unspecified atom stereocenters.